The minimum absolute atomic E-state index is 0.0613. The molecule has 430 valence electrons. The SMILES string of the molecule is CCCCCCCC/C=C\CCCCCCCC(=O)OC(COCCCCCCCCCCCCCC/C=C\CCCCCCCCCC)COC1OC(COC2OC(CO)C(O)C(O)C2O)C(O)C(O)C1O. The molecule has 0 saturated carbocycles. The largest absolute Gasteiger partial charge is 0.457 e. The number of carbonyl (C=O) groups is 1. The molecule has 0 spiro atoms. The summed E-state index contributed by atoms with van der Waals surface area (Å²) in [5, 5.41) is 72.3. The van der Waals surface area contributed by atoms with E-state index in [1.54, 1.807) is 0 Å². The number of allylic oxidation sites excluding steroid dienone is 4. The van der Waals surface area contributed by atoms with Gasteiger partial charge in [-0.25, -0.2) is 0 Å². The Kier molecular flexibility index (Phi) is 43.1. The van der Waals surface area contributed by atoms with Crippen LogP contribution in [0, 0.1) is 0 Å². The van der Waals surface area contributed by atoms with Crippen molar-refractivity contribution in [2.45, 2.75) is 313 Å². The highest BCUT2D eigenvalue weighted by molar-refractivity contribution is 5.69. The first-order valence-electron chi connectivity index (χ1n) is 29.9. The summed E-state index contributed by atoms with van der Waals surface area (Å²) in [6, 6.07) is 0. The summed E-state index contributed by atoms with van der Waals surface area (Å²) < 4.78 is 34.4. The molecule has 0 amide bonds. The van der Waals surface area contributed by atoms with E-state index in [0.29, 0.717) is 13.0 Å². The van der Waals surface area contributed by atoms with Crippen molar-refractivity contribution in [3.63, 3.8) is 0 Å². The van der Waals surface area contributed by atoms with Gasteiger partial charge < -0.3 is 64.2 Å². The molecule has 0 aromatic rings. The van der Waals surface area contributed by atoms with Crippen molar-refractivity contribution < 1.29 is 69.0 Å². The highest BCUT2D eigenvalue weighted by Crippen LogP contribution is 2.27. The van der Waals surface area contributed by atoms with Gasteiger partial charge in [-0.3, -0.25) is 4.79 Å². The molecular weight excluding hydrogens is 933 g/mol. The van der Waals surface area contributed by atoms with Gasteiger partial charge in [0.1, 0.15) is 54.9 Å². The van der Waals surface area contributed by atoms with Crippen LogP contribution in [0.4, 0.5) is 0 Å². The smallest absolute Gasteiger partial charge is 0.306 e. The molecule has 0 aromatic carbocycles. The molecule has 2 aliphatic heterocycles. The fourth-order valence-corrected chi connectivity index (χ4v) is 9.57. The quantitative estimate of drug-likeness (QED) is 0.0172. The number of unbranched alkanes of at least 4 members (excludes halogenated alkanes) is 31. The maximum atomic E-state index is 13.1. The molecule has 14 heteroatoms. The van der Waals surface area contributed by atoms with Crippen LogP contribution in [0.25, 0.3) is 0 Å². The normalized spacial score (nSPS) is 25.1. The lowest BCUT2D eigenvalue weighted by atomic mass is 9.98. The fourth-order valence-electron chi connectivity index (χ4n) is 9.57. The monoisotopic (exact) mass is 1040 g/mol. The molecule has 2 fully saturated rings. The Hall–Kier alpha value is -1.53. The lowest BCUT2D eigenvalue weighted by Crippen LogP contribution is -2.61. The van der Waals surface area contributed by atoms with Gasteiger partial charge in [-0.2, -0.15) is 0 Å². The number of hydrogen-bond acceptors (Lipinski definition) is 14. The second kappa shape index (κ2) is 46.6. The van der Waals surface area contributed by atoms with Gasteiger partial charge in [-0.15, -0.1) is 0 Å². The summed E-state index contributed by atoms with van der Waals surface area (Å²) in [5.74, 6) is -0.381. The van der Waals surface area contributed by atoms with Gasteiger partial charge in [0.2, 0.25) is 0 Å². The zero-order valence-corrected chi connectivity index (χ0v) is 46.1. The third-order valence-corrected chi connectivity index (χ3v) is 14.4. The summed E-state index contributed by atoms with van der Waals surface area (Å²) in [4.78, 5) is 13.1. The average Bonchev–Trinajstić information content (AvgIpc) is 3.39. The van der Waals surface area contributed by atoms with Crippen LogP contribution in [0.5, 0.6) is 0 Å². The minimum Gasteiger partial charge on any atom is -0.457 e. The van der Waals surface area contributed by atoms with Gasteiger partial charge in [0.15, 0.2) is 12.6 Å². The fraction of sp³-hybridized carbons (Fsp3) is 0.915. The van der Waals surface area contributed by atoms with Gasteiger partial charge >= 0.3 is 5.97 Å². The maximum Gasteiger partial charge on any atom is 0.306 e. The number of aliphatic hydroxyl groups is 7. The minimum atomic E-state index is -1.71. The first-order chi connectivity index (χ1) is 35.6. The molecule has 2 heterocycles. The molecule has 14 nitrogen and oxygen atoms in total. The Morgan fingerprint density at radius 3 is 1.25 bits per heavy atom. The van der Waals surface area contributed by atoms with Crippen molar-refractivity contribution in [3.05, 3.63) is 24.3 Å². The van der Waals surface area contributed by atoms with E-state index >= 15 is 0 Å². The second-order valence-corrected chi connectivity index (χ2v) is 21.2. The van der Waals surface area contributed by atoms with E-state index in [4.69, 9.17) is 28.4 Å². The Morgan fingerprint density at radius 1 is 0.438 bits per heavy atom. The first-order valence-corrected chi connectivity index (χ1v) is 29.9. The maximum absolute atomic E-state index is 13.1. The van der Waals surface area contributed by atoms with Gasteiger partial charge in [0, 0.05) is 13.0 Å². The highest BCUT2D eigenvalue weighted by Gasteiger charge is 2.47. The van der Waals surface area contributed by atoms with Gasteiger partial charge in [-0.1, -0.05) is 199 Å². The molecule has 11 atom stereocenters. The molecule has 2 aliphatic rings. The zero-order chi connectivity index (χ0) is 53.0. The summed E-state index contributed by atoms with van der Waals surface area (Å²) in [5.41, 5.74) is 0. The van der Waals surface area contributed by atoms with E-state index in [-0.39, 0.29) is 25.6 Å². The Bertz CT molecular complexity index is 1300. The Balaban J connectivity index is 1.68. The van der Waals surface area contributed by atoms with Crippen molar-refractivity contribution in [1.82, 2.24) is 0 Å². The van der Waals surface area contributed by atoms with E-state index in [2.05, 4.69) is 38.2 Å². The van der Waals surface area contributed by atoms with Crippen LogP contribution in [0.3, 0.4) is 0 Å². The number of ether oxygens (including phenoxy) is 6. The van der Waals surface area contributed by atoms with E-state index < -0.39 is 80.7 Å². The van der Waals surface area contributed by atoms with Crippen LogP contribution in [-0.4, -0.2) is 142 Å². The number of hydrogen-bond donors (Lipinski definition) is 7. The van der Waals surface area contributed by atoms with Crippen LogP contribution >= 0.6 is 0 Å². The number of aliphatic hydroxyl groups excluding tert-OH is 7. The molecule has 2 saturated heterocycles. The number of carbonyl (C=O) groups excluding carboxylic acids is 1. The molecule has 0 radical (unpaired) electrons. The number of rotatable bonds is 49. The average molecular weight is 1040 g/mol. The van der Waals surface area contributed by atoms with Gasteiger partial charge in [0.25, 0.3) is 0 Å². The van der Waals surface area contributed by atoms with Crippen molar-refractivity contribution in [3.8, 4) is 0 Å². The predicted molar refractivity (Wildman–Crippen MR) is 289 cm³/mol. The lowest BCUT2D eigenvalue weighted by molar-refractivity contribution is -0.332. The van der Waals surface area contributed by atoms with Gasteiger partial charge in [-0.05, 0) is 64.2 Å². The molecule has 0 aromatic heterocycles. The molecule has 11 unspecified atom stereocenters. The zero-order valence-electron chi connectivity index (χ0n) is 46.1. The van der Waals surface area contributed by atoms with Crippen LogP contribution in [0.15, 0.2) is 24.3 Å². The summed E-state index contributed by atoms with van der Waals surface area (Å²) in [7, 11) is 0. The van der Waals surface area contributed by atoms with Crippen molar-refractivity contribution in [1.29, 1.82) is 0 Å². The molecule has 0 bridgehead atoms. The standard InChI is InChI=1S/C59H110O14/c1-3-5-7-9-11-13-15-17-19-20-21-22-23-24-25-26-27-29-31-33-35-37-39-41-43-68-45-48(71-51(61)42-40-38-36-34-32-30-28-18-16-14-12-10-8-6-4-2)46-69-58-57(67)55(65)53(63)50(73-58)47-70-59-56(66)54(64)52(62)49(44-60)72-59/h18,20-21,28,48-50,52-60,62-67H,3-17,19,22-27,29-47H2,1-2H3/b21-20-,28-18-. The van der Waals surface area contributed by atoms with Crippen LogP contribution in [-0.2, 0) is 33.2 Å². The van der Waals surface area contributed by atoms with Crippen molar-refractivity contribution >= 4 is 5.97 Å². The summed E-state index contributed by atoms with van der Waals surface area (Å²) in [6.07, 6.45) is 36.7. The Labute approximate surface area is 443 Å². The van der Waals surface area contributed by atoms with Crippen LogP contribution in [0.2, 0.25) is 0 Å². The predicted octanol–water partition coefficient (Wildman–Crippen LogP) is 10.8. The molecule has 0 aliphatic carbocycles. The lowest BCUT2D eigenvalue weighted by Gasteiger charge is -2.42. The third kappa shape index (κ3) is 33.4. The molecule has 7 N–H and O–H groups in total. The topological polar surface area (TPSA) is 214 Å². The van der Waals surface area contributed by atoms with E-state index in [9.17, 15) is 40.5 Å². The molecular formula is C59H110O14. The van der Waals surface area contributed by atoms with Gasteiger partial charge in [0.05, 0.1) is 26.4 Å². The van der Waals surface area contributed by atoms with Crippen molar-refractivity contribution in [2.24, 2.45) is 0 Å². The van der Waals surface area contributed by atoms with E-state index in [0.717, 1.165) is 57.8 Å². The Morgan fingerprint density at radius 2 is 0.808 bits per heavy atom. The first kappa shape index (κ1) is 67.6. The van der Waals surface area contributed by atoms with Crippen LogP contribution < -0.4 is 0 Å². The highest BCUT2D eigenvalue weighted by atomic mass is 16.7. The van der Waals surface area contributed by atoms with E-state index in [1.165, 1.54) is 161 Å². The third-order valence-electron chi connectivity index (χ3n) is 14.4. The second-order valence-electron chi connectivity index (χ2n) is 21.2. The molecule has 73 heavy (non-hydrogen) atoms. The van der Waals surface area contributed by atoms with E-state index in [1.807, 2.05) is 0 Å². The van der Waals surface area contributed by atoms with Crippen LogP contribution in [0.1, 0.15) is 245 Å². The van der Waals surface area contributed by atoms with Crippen molar-refractivity contribution in [2.75, 3.05) is 33.0 Å². The summed E-state index contributed by atoms with van der Waals surface area (Å²) in [6.45, 7) is 3.71. The molecule has 2 rings (SSSR count). The summed E-state index contributed by atoms with van der Waals surface area (Å²) >= 11 is 0. The number of esters is 1.